The van der Waals surface area contributed by atoms with Crippen LogP contribution in [0.4, 0.5) is 0 Å². The summed E-state index contributed by atoms with van der Waals surface area (Å²) in [7, 11) is -0.0602. The molecule has 0 spiro atoms. The number of hydrogen-bond donors (Lipinski definition) is 7. The Morgan fingerprint density at radius 2 is 1.71 bits per heavy atom. The van der Waals surface area contributed by atoms with Gasteiger partial charge in [0.25, 0.3) is 0 Å². The maximum absolute atomic E-state index is 12.9. The molecule has 0 bridgehead atoms. The molecule has 0 heterocycles. The number of rotatable bonds is 12. The fraction of sp³-hybridized carbons (Fsp3) is 0.571. The summed E-state index contributed by atoms with van der Waals surface area (Å²) in [6, 6.07) is 8.45. The second-order valence-corrected chi connectivity index (χ2v) is 8.05. The molecule has 0 aromatic heterocycles. The molecule has 172 valence electrons. The molecule has 0 aliphatic heterocycles. The molecule has 10 heteroatoms. The molecule has 2 amide bonds. The zero-order chi connectivity index (χ0) is 23.4. The molecule has 0 aliphatic carbocycles. The molecular weight excluding hydrogens is 397 g/mol. The summed E-state index contributed by atoms with van der Waals surface area (Å²) in [5.41, 5.74) is 0.840. The van der Waals surface area contributed by atoms with E-state index in [0.29, 0.717) is 25.8 Å². The molecular formula is C21H36BN5O4. The van der Waals surface area contributed by atoms with Crippen molar-refractivity contribution in [1.29, 1.82) is 5.41 Å². The van der Waals surface area contributed by atoms with E-state index in [0.717, 1.165) is 5.56 Å². The number of hydrogen-bond acceptors (Lipinski definition) is 5. The monoisotopic (exact) mass is 433 g/mol. The largest absolute Gasteiger partial charge is 0.475 e. The average molecular weight is 433 g/mol. The van der Waals surface area contributed by atoms with Crippen LogP contribution in [-0.2, 0) is 9.59 Å². The molecule has 0 saturated carbocycles. The van der Waals surface area contributed by atoms with Gasteiger partial charge < -0.3 is 31.3 Å². The van der Waals surface area contributed by atoms with E-state index in [1.807, 2.05) is 44.2 Å². The van der Waals surface area contributed by atoms with E-state index in [9.17, 15) is 19.6 Å². The Morgan fingerprint density at radius 1 is 1.06 bits per heavy atom. The third kappa shape index (κ3) is 9.84. The highest BCUT2D eigenvalue weighted by atomic mass is 16.4. The van der Waals surface area contributed by atoms with Crippen molar-refractivity contribution < 1.29 is 19.6 Å². The number of amides is 2. The number of guanidine groups is 1. The molecule has 0 fully saturated rings. The summed E-state index contributed by atoms with van der Waals surface area (Å²) in [6.07, 6.45) is 1.25. The zero-order valence-electron chi connectivity index (χ0n) is 18.8. The first kappa shape index (κ1) is 26.5. The van der Waals surface area contributed by atoms with Crippen molar-refractivity contribution in [3.8, 4) is 0 Å². The SMILES string of the molecule is CNC(=N)NCCC[C@H](NC(=O)[C@@H](C)c1ccccc1)C(=O)N[C@@H](CC(C)C)B(O)O. The minimum Gasteiger partial charge on any atom is -0.426 e. The van der Waals surface area contributed by atoms with Gasteiger partial charge in [-0.15, -0.1) is 0 Å². The number of carbonyl (C=O) groups excluding carboxylic acids is 2. The molecule has 3 atom stereocenters. The van der Waals surface area contributed by atoms with Crippen molar-refractivity contribution in [2.45, 2.75) is 57.9 Å². The number of benzene rings is 1. The van der Waals surface area contributed by atoms with Gasteiger partial charge in [-0.2, -0.15) is 0 Å². The van der Waals surface area contributed by atoms with Crippen molar-refractivity contribution in [3.05, 3.63) is 35.9 Å². The van der Waals surface area contributed by atoms with Gasteiger partial charge in [-0.05, 0) is 37.7 Å². The van der Waals surface area contributed by atoms with E-state index >= 15 is 0 Å². The topological polar surface area (TPSA) is 147 Å². The van der Waals surface area contributed by atoms with Crippen LogP contribution in [0.5, 0.6) is 0 Å². The maximum Gasteiger partial charge on any atom is 0.475 e. The highest BCUT2D eigenvalue weighted by Gasteiger charge is 2.30. The second-order valence-electron chi connectivity index (χ2n) is 8.05. The van der Waals surface area contributed by atoms with Gasteiger partial charge in [-0.3, -0.25) is 15.0 Å². The van der Waals surface area contributed by atoms with E-state index in [-0.39, 0.29) is 17.8 Å². The minimum atomic E-state index is -1.69. The highest BCUT2D eigenvalue weighted by molar-refractivity contribution is 6.43. The Bertz CT molecular complexity index is 702. The summed E-state index contributed by atoms with van der Waals surface area (Å²) < 4.78 is 0. The van der Waals surface area contributed by atoms with Gasteiger partial charge in [0.05, 0.1) is 11.9 Å². The van der Waals surface area contributed by atoms with Crippen molar-refractivity contribution in [2.75, 3.05) is 13.6 Å². The standard InChI is InChI=1S/C21H36BN5O4/c1-14(2)13-18(22(30)31)27-20(29)17(11-8-12-25-21(23)24-4)26-19(28)15(3)16-9-6-5-7-10-16/h5-7,9-10,14-15,17-18,30-31H,8,11-13H2,1-4H3,(H,26,28)(H,27,29)(H3,23,24,25)/t15-,17-,18-/m0/s1. The van der Waals surface area contributed by atoms with E-state index < -0.39 is 30.9 Å². The summed E-state index contributed by atoms with van der Waals surface area (Å²) in [4.78, 5) is 25.7. The van der Waals surface area contributed by atoms with Crippen LogP contribution in [-0.4, -0.2) is 60.5 Å². The van der Waals surface area contributed by atoms with Crippen molar-refractivity contribution in [2.24, 2.45) is 5.92 Å². The third-order valence-corrected chi connectivity index (χ3v) is 4.96. The van der Waals surface area contributed by atoms with E-state index in [1.165, 1.54) is 0 Å². The van der Waals surface area contributed by atoms with Crippen LogP contribution < -0.4 is 21.3 Å². The van der Waals surface area contributed by atoms with Gasteiger partial charge in [0.15, 0.2) is 5.96 Å². The van der Waals surface area contributed by atoms with E-state index in [4.69, 9.17) is 5.41 Å². The number of carbonyl (C=O) groups is 2. The molecule has 7 N–H and O–H groups in total. The van der Waals surface area contributed by atoms with Crippen LogP contribution >= 0.6 is 0 Å². The Labute approximate surface area is 185 Å². The van der Waals surface area contributed by atoms with Gasteiger partial charge in [-0.25, -0.2) is 0 Å². The molecule has 9 nitrogen and oxygen atoms in total. The van der Waals surface area contributed by atoms with Gasteiger partial charge >= 0.3 is 7.12 Å². The van der Waals surface area contributed by atoms with Crippen LogP contribution in [0.25, 0.3) is 0 Å². The lowest BCUT2D eigenvalue weighted by Gasteiger charge is -2.25. The average Bonchev–Trinajstić information content (AvgIpc) is 2.74. The summed E-state index contributed by atoms with van der Waals surface area (Å²) in [5.74, 6) is -1.70. The lowest BCUT2D eigenvalue weighted by Crippen LogP contribution is -2.54. The van der Waals surface area contributed by atoms with Gasteiger partial charge in [-0.1, -0.05) is 44.2 Å². The summed E-state index contributed by atoms with van der Waals surface area (Å²) in [6.45, 7) is 6.06. The van der Waals surface area contributed by atoms with Crippen LogP contribution in [0.1, 0.15) is 51.5 Å². The molecule has 0 radical (unpaired) electrons. The molecule has 1 aromatic rings. The maximum atomic E-state index is 12.9. The number of nitrogens with one attached hydrogen (secondary N) is 5. The lowest BCUT2D eigenvalue weighted by atomic mass is 9.75. The van der Waals surface area contributed by atoms with Gasteiger partial charge in [0.2, 0.25) is 11.8 Å². The van der Waals surface area contributed by atoms with Crippen molar-refractivity contribution in [1.82, 2.24) is 21.3 Å². The summed E-state index contributed by atoms with van der Waals surface area (Å²) in [5, 5.41) is 37.8. The minimum absolute atomic E-state index is 0.148. The van der Waals surface area contributed by atoms with Crippen molar-refractivity contribution >= 4 is 24.9 Å². The fourth-order valence-corrected chi connectivity index (χ4v) is 3.11. The Morgan fingerprint density at radius 3 is 2.26 bits per heavy atom. The summed E-state index contributed by atoms with van der Waals surface area (Å²) >= 11 is 0. The smallest absolute Gasteiger partial charge is 0.426 e. The Hall–Kier alpha value is -2.59. The first-order valence-electron chi connectivity index (χ1n) is 10.7. The normalized spacial score (nSPS) is 13.6. The quantitative estimate of drug-likeness (QED) is 0.110. The van der Waals surface area contributed by atoms with Gasteiger partial charge in [0.1, 0.15) is 6.04 Å². The third-order valence-electron chi connectivity index (χ3n) is 4.96. The molecule has 31 heavy (non-hydrogen) atoms. The predicted octanol–water partition coefficient (Wildman–Crippen LogP) is 0.342. The van der Waals surface area contributed by atoms with Crippen LogP contribution in [0.15, 0.2) is 30.3 Å². The van der Waals surface area contributed by atoms with Gasteiger partial charge in [0, 0.05) is 13.6 Å². The Balaban J connectivity index is 2.84. The van der Waals surface area contributed by atoms with Crippen LogP contribution in [0.2, 0.25) is 0 Å². The second kappa shape index (κ2) is 13.7. The first-order chi connectivity index (χ1) is 14.6. The molecule has 1 rings (SSSR count). The first-order valence-corrected chi connectivity index (χ1v) is 10.7. The van der Waals surface area contributed by atoms with E-state index in [1.54, 1.807) is 14.0 Å². The molecule has 0 saturated heterocycles. The molecule has 0 aliphatic rings. The predicted molar refractivity (Wildman–Crippen MR) is 122 cm³/mol. The van der Waals surface area contributed by atoms with Crippen molar-refractivity contribution in [3.63, 3.8) is 0 Å². The lowest BCUT2D eigenvalue weighted by molar-refractivity contribution is -0.130. The van der Waals surface area contributed by atoms with Crippen LogP contribution in [0, 0.1) is 11.3 Å². The zero-order valence-corrected chi connectivity index (χ0v) is 18.8. The molecule has 0 unspecified atom stereocenters. The van der Waals surface area contributed by atoms with Crippen LogP contribution in [0.3, 0.4) is 0 Å². The highest BCUT2D eigenvalue weighted by Crippen LogP contribution is 2.15. The fourth-order valence-electron chi connectivity index (χ4n) is 3.11. The van der Waals surface area contributed by atoms with E-state index in [2.05, 4.69) is 21.3 Å². The molecule has 1 aromatic carbocycles. The Kier molecular flexibility index (Phi) is 11.7.